The fourth-order valence-electron chi connectivity index (χ4n) is 4.04. The van der Waals surface area contributed by atoms with Gasteiger partial charge in [0.1, 0.15) is 0 Å². The third-order valence-corrected chi connectivity index (χ3v) is 6.04. The highest BCUT2D eigenvalue weighted by Gasteiger charge is 2.15. The maximum absolute atomic E-state index is 4.25. The zero-order valence-corrected chi connectivity index (χ0v) is 18.2. The minimum atomic E-state index is 0.795. The van der Waals surface area contributed by atoms with Gasteiger partial charge in [-0.2, -0.15) is 5.10 Å². The maximum atomic E-state index is 4.25. The summed E-state index contributed by atoms with van der Waals surface area (Å²) in [5.74, 6) is 0. The molecule has 1 aliphatic heterocycles. The van der Waals surface area contributed by atoms with Crippen LogP contribution in [-0.2, 0) is 19.6 Å². The van der Waals surface area contributed by atoms with E-state index in [1.165, 1.54) is 60.5 Å². The van der Waals surface area contributed by atoms with Crippen LogP contribution in [0, 0.1) is 6.92 Å². The predicted molar refractivity (Wildman–Crippen MR) is 123 cm³/mol. The molecule has 3 aromatic rings. The molecule has 1 saturated heterocycles. The molecule has 5 nitrogen and oxygen atoms in total. The topological polar surface area (TPSA) is 47.2 Å². The smallest absolute Gasteiger partial charge is 0.0695 e. The first-order valence-electron chi connectivity index (χ1n) is 11.0. The molecule has 0 atom stereocenters. The Kier molecular flexibility index (Phi) is 6.95. The Morgan fingerprint density at radius 2 is 1.53 bits per heavy atom. The number of benzene rings is 2. The molecule has 2 heterocycles. The van der Waals surface area contributed by atoms with Crippen molar-refractivity contribution in [3.05, 3.63) is 77.0 Å². The number of piperazine rings is 1. The molecular formula is C25H33N5. The lowest BCUT2D eigenvalue weighted by Gasteiger charge is -2.34. The zero-order chi connectivity index (χ0) is 20.8. The molecule has 158 valence electrons. The fourth-order valence-corrected chi connectivity index (χ4v) is 4.04. The second-order valence-electron chi connectivity index (χ2n) is 8.27. The number of rotatable bonds is 8. The van der Waals surface area contributed by atoms with Crippen LogP contribution in [0.2, 0.25) is 0 Å². The third-order valence-electron chi connectivity index (χ3n) is 6.04. The molecule has 5 heteroatoms. The minimum absolute atomic E-state index is 0.795. The number of aryl methyl sites for hydroxylation is 1. The van der Waals surface area contributed by atoms with Gasteiger partial charge in [0.25, 0.3) is 0 Å². The van der Waals surface area contributed by atoms with Crippen LogP contribution in [0.25, 0.3) is 11.3 Å². The van der Waals surface area contributed by atoms with Crippen molar-refractivity contribution in [3.8, 4) is 11.3 Å². The first kappa shape index (κ1) is 20.8. The van der Waals surface area contributed by atoms with Gasteiger partial charge in [-0.3, -0.25) is 10.00 Å². The van der Waals surface area contributed by atoms with Crippen molar-refractivity contribution in [2.45, 2.75) is 33.5 Å². The van der Waals surface area contributed by atoms with E-state index in [2.05, 4.69) is 87.7 Å². The van der Waals surface area contributed by atoms with Crippen molar-refractivity contribution in [1.82, 2.24) is 25.3 Å². The van der Waals surface area contributed by atoms with Gasteiger partial charge < -0.3 is 10.2 Å². The van der Waals surface area contributed by atoms with Gasteiger partial charge in [0.2, 0.25) is 0 Å². The minimum Gasteiger partial charge on any atom is -0.308 e. The summed E-state index contributed by atoms with van der Waals surface area (Å²) in [6, 6.07) is 17.6. The Hall–Kier alpha value is -2.47. The van der Waals surface area contributed by atoms with Crippen LogP contribution in [0.15, 0.2) is 54.7 Å². The number of aromatic nitrogens is 2. The number of hydrogen-bond acceptors (Lipinski definition) is 4. The standard InChI is InChI=1S/C25H33N5/c1-3-29-12-14-30(15-13-29)19-22-8-6-21(7-9-22)16-26-17-24-18-27-28-25(24)23-10-4-20(2)5-11-23/h4-11,18,26H,3,12-17,19H2,1-2H3,(H,27,28). The van der Waals surface area contributed by atoms with Gasteiger partial charge >= 0.3 is 0 Å². The first-order chi connectivity index (χ1) is 14.7. The number of hydrogen-bond donors (Lipinski definition) is 2. The summed E-state index contributed by atoms with van der Waals surface area (Å²) < 4.78 is 0. The highest BCUT2D eigenvalue weighted by Crippen LogP contribution is 2.21. The van der Waals surface area contributed by atoms with E-state index < -0.39 is 0 Å². The van der Waals surface area contributed by atoms with Gasteiger partial charge in [-0.15, -0.1) is 0 Å². The van der Waals surface area contributed by atoms with Crippen molar-refractivity contribution in [1.29, 1.82) is 0 Å². The van der Waals surface area contributed by atoms with Crippen LogP contribution < -0.4 is 5.32 Å². The van der Waals surface area contributed by atoms with Crippen molar-refractivity contribution in [2.24, 2.45) is 0 Å². The normalized spacial score (nSPS) is 15.5. The molecule has 0 aliphatic carbocycles. The Morgan fingerprint density at radius 3 is 2.23 bits per heavy atom. The molecule has 0 spiro atoms. The summed E-state index contributed by atoms with van der Waals surface area (Å²) >= 11 is 0. The Labute approximate surface area is 180 Å². The summed E-state index contributed by atoms with van der Waals surface area (Å²) in [7, 11) is 0. The average molecular weight is 404 g/mol. The van der Waals surface area contributed by atoms with Gasteiger partial charge in [0.15, 0.2) is 0 Å². The SMILES string of the molecule is CCN1CCN(Cc2ccc(CNCc3cn[nH]c3-c3ccc(C)cc3)cc2)CC1. The molecule has 1 fully saturated rings. The number of nitrogens with one attached hydrogen (secondary N) is 2. The molecule has 2 aromatic carbocycles. The van der Waals surface area contributed by atoms with Crippen molar-refractivity contribution >= 4 is 0 Å². The summed E-state index contributed by atoms with van der Waals surface area (Å²) in [6.45, 7) is 13.0. The second kappa shape index (κ2) is 10.0. The lowest BCUT2D eigenvalue weighted by molar-refractivity contribution is 0.132. The molecule has 30 heavy (non-hydrogen) atoms. The van der Waals surface area contributed by atoms with Gasteiger partial charge in [-0.1, -0.05) is 61.0 Å². The Bertz CT molecular complexity index is 905. The Balaban J connectivity index is 1.26. The second-order valence-corrected chi connectivity index (χ2v) is 8.27. The maximum Gasteiger partial charge on any atom is 0.0695 e. The Morgan fingerprint density at radius 1 is 0.867 bits per heavy atom. The van der Waals surface area contributed by atoms with Crippen LogP contribution in [0.4, 0.5) is 0 Å². The van der Waals surface area contributed by atoms with E-state index in [-0.39, 0.29) is 0 Å². The van der Waals surface area contributed by atoms with Crippen molar-refractivity contribution in [3.63, 3.8) is 0 Å². The molecular weight excluding hydrogens is 370 g/mol. The molecule has 0 unspecified atom stereocenters. The van der Waals surface area contributed by atoms with Crippen LogP contribution >= 0.6 is 0 Å². The number of likely N-dealkylation sites (N-methyl/N-ethyl adjacent to an activating group) is 1. The molecule has 0 bridgehead atoms. The van der Waals surface area contributed by atoms with Gasteiger partial charge in [-0.05, 0) is 30.2 Å². The molecule has 0 amide bonds. The van der Waals surface area contributed by atoms with E-state index in [4.69, 9.17) is 0 Å². The van der Waals surface area contributed by atoms with Gasteiger partial charge in [0, 0.05) is 51.4 Å². The number of nitrogens with zero attached hydrogens (tertiary/aromatic N) is 3. The van der Waals surface area contributed by atoms with Gasteiger partial charge in [0.05, 0.1) is 11.9 Å². The summed E-state index contributed by atoms with van der Waals surface area (Å²) in [5, 5.41) is 11.0. The van der Waals surface area contributed by atoms with Crippen molar-refractivity contribution < 1.29 is 0 Å². The van der Waals surface area contributed by atoms with Crippen LogP contribution in [0.3, 0.4) is 0 Å². The highest BCUT2D eigenvalue weighted by molar-refractivity contribution is 5.62. The first-order valence-corrected chi connectivity index (χ1v) is 11.0. The third kappa shape index (κ3) is 5.36. The van der Waals surface area contributed by atoms with E-state index in [9.17, 15) is 0 Å². The molecule has 1 aromatic heterocycles. The van der Waals surface area contributed by atoms with Crippen molar-refractivity contribution in [2.75, 3.05) is 32.7 Å². The summed E-state index contributed by atoms with van der Waals surface area (Å²) in [5.41, 5.74) is 7.46. The van der Waals surface area contributed by atoms with Crippen LogP contribution in [0.1, 0.15) is 29.2 Å². The van der Waals surface area contributed by atoms with Crippen LogP contribution in [-0.4, -0.2) is 52.7 Å². The van der Waals surface area contributed by atoms with E-state index in [1.807, 2.05) is 6.20 Å². The van der Waals surface area contributed by atoms with E-state index in [0.29, 0.717) is 0 Å². The van der Waals surface area contributed by atoms with E-state index in [1.54, 1.807) is 0 Å². The lowest BCUT2D eigenvalue weighted by atomic mass is 10.1. The monoisotopic (exact) mass is 403 g/mol. The van der Waals surface area contributed by atoms with Crippen LogP contribution in [0.5, 0.6) is 0 Å². The highest BCUT2D eigenvalue weighted by atomic mass is 15.3. The molecule has 0 saturated carbocycles. The molecule has 2 N–H and O–H groups in total. The van der Waals surface area contributed by atoms with Gasteiger partial charge in [-0.25, -0.2) is 0 Å². The zero-order valence-electron chi connectivity index (χ0n) is 18.2. The molecule has 0 radical (unpaired) electrons. The summed E-state index contributed by atoms with van der Waals surface area (Å²) in [6.07, 6.45) is 1.92. The number of aromatic amines is 1. The fraction of sp³-hybridized carbons (Fsp3) is 0.400. The quantitative estimate of drug-likeness (QED) is 0.600. The predicted octanol–water partition coefficient (Wildman–Crippen LogP) is 3.81. The van der Waals surface area contributed by atoms with E-state index >= 15 is 0 Å². The lowest BCUT2D eigenvalue weighted by Crippen LogP contribution is -2.45. The average Bonchev–Trinajstić information content (AvgIpc) is 3.24. The van der Waals surface area contributed by atoms with E-state index in [0.717, 1.165) is 25.3 Å². The molecule has 1 aliphatic rings. The molecule has 4 rings (SSSR count). The summed E-state index contributed by atoms with van der Waals surface area (Å²) in [4.78, 5) is 5.08. The largest absolute Gasteiger partial charge is 0.308 e. The number of H-pyrrole nitrogens is 1.